The highest BCUT2D eigenvalue weighted by atomic mass is 15.4. The number of hydrogen-bond donors (Lipinski definition) is 1. The lowest BCUT2D eigenvalue weighted by atomic mass is 10.3. The van der Waals surface area contributed by atoms with Gasteiger partial charge in [-0.15, -0.1) is 10.2 Å². The first-order valence-electron chi connectivity index (χ1n) is 4.72. The van der Waals surface area contributed by atoms with Crippen molar-refractivity contribution in [2.75, 3.05) is 6.54 Å². The summed E-state index contributed by atoms with van der Waals surface area (Å²) in [5.74, 6) is 0.849. The first-order chi connectivity index (χ1) is 6.83. The van der Waals surface area contributed by atoms with Gasteiger partial charge in [0, 0.05) is 6.20 Å². The Morgan fingerprint density at radius 2 is 2.36 bits per heavy atom. The van der Waals surface area contributed by atoms with Gasteiger partial charge >= 0.3 is 0 Å². The van der Waals surface area contributed by atoms with Crippen molar-refractivity contribution in [3.05, 3.63) is 24.2 Å². The third-order valence-corrected chi connectivity index (χ3v) is 2.10. The summed E-state index contributed by atoms with van der Waals surface area (Å²) in [6.07, 6.45) is 1.73. The van der Waals surface area contributed by atoms with Gasteiger partial charge in [0.05, 0.1) is 6.04 Å². The molecule has 0 radical (unpaired) electrons. The first-order valence-corrected chi connectivity index (χ1v) is 4.72. The largest absolute Gasteiger partial charge is 0.308 e. The van der Waals surface area contributed by atoms with Crippen molar-refractivity contribution in [1.29, 1.82) is 0 Å². The molecule has 14 heavy (non-hydrogen) atoms. The van der Waals surface area contributed by atoms with Crippen molar-refractivity contribution in [3.63, 3.8) is 0 Å². The summed E-state index contributed by atoms with van der Waals surface area (Å²) in [6.45, 7) is 5.02. The van der Waals surface area contributed by atoms with Crippen LogP contribution in [0.25, 0.3) is 5.65 Å². The first kappa shape index (κ1) is 9.08. The number of nitrogens with one attached hydrogen (secondary N) is 1. The quantitative estimate of drug-likeness (QED) is 0.779. The highest BCUT2D eigenvalue weighted by Gasteiger charge is 2.12. The van der Waals surface area contributed by atoms with Gasteiger partial charge < -0.3 is 5.32 Å². The molecule has 0 aliphatic carbocycles. The van der Waals surface area contributed by atoms with Crippen LogP contribution in [0.5, 0.6) is 0 Å². The summed E-state index contributed by atoms with van der Waals surface area (Å²) in [5, 5.41) is 15.6. The molecule has 0 aliphatic rings. The minimum Gasteiger partial charge on any atom is -0.308 e. The monoisotopic (exact) mass is 191 g/mol. The number of rotatable bonds is 3. The molecule has 0 saturated heterocycles. The topological polar surface area (TPSA) is 55.1 Å². The Hall–Kier alpha value is -1.49. The highest BCUT2D eigenvalue weighted by molar-refractivity contribution is 5.35. The summed E-state index contributed by atoms with van der Waals surface area (Å²) < 4.78 is 1.76. The van der Waals surface area contributed by atoms with Gasteiger partial charge in [0.25, 0.3) is 0 Å². The molecule has 0 aliphatic heterocycles. The summed E-state index contributed by atoms with van der Waals surface area (Å²) in [5.41, 5.74) is 0.784. The molecule has 0 amide bonds. The normalized spacial score (nSPS) is 13.3. The number of aromatic nitrogens is 4. The van der Waals surface area contributed by atoms with E-state index in [1.807, 2.05) is 12.1 Å². The van der Waals surface area contributed by atoms with Gasteiger partial charge in [-0.3, -0.25) is 0 Å². The maximum Gasteiger partial charge on any atom is 0.177 e. The van der Waals surface area contributed by atoms with Gasteiger partial charge in [-0.2, -0.15) is 9.61 Å². The van der Waals surface area contributed by atoms with Crippen LogP contribution >= 0.6 is 0 Å². The van der Waals surface area contributed by atoms with Crippen LogP contribution in [0.4, 0.5) is 0 Å². The van der Waals surface area contributed by atoms with Crippen molar-refractivity contribution in [2.24, 2.45) is 0 Å². The smallest absolute Gasteiger partial charge is 0.177 e. The summed E-state index contributed by atoms with van der Waals surface area (Å²) in [6, 6.07) is 3.92. The van der Waals surface area contributed by atoms with Crippen molar-refractivity contribution in [3.8, 4) is 0 Å². The van der Waals surface area contributed by atoms with Gasteiger partial charge in [0.2, 0.25) is 0 Å². The third-order valence-electron chi connectivity index (χ3n) is 2.10. The average Bonchev–Trinajstić information content (AvgIpc) is 2.61. The van der Waals surface area contributed by atoms with E-state index in [1.165, 1.54) is 0 Å². The lowest BCUT2D eigenvalue weighted by Gasteiger charge is -2.08. The predicted molar refractivity (Wildman–Crippen MR) is 52.9 cm³/mol. The molecule has 2 aromatic heterocycles. The fourth-order valence-corrected chi connectivity index (χ4v) is 1.43. The molecule has 0 aromatic carbocycles. The van der Waals surface area contributed by atoms with Crippen LogP contribution in [0.3, 0.4) is 0 Å². The van der Waals surface area contributed by atoms with Gasteiger partial charge in [0.15, 0.2) is 11.5 Å². The van der Waals surface area contributed by atoms with Crippen molar-refractivity contribution >= 4 is 5.65 Å². The molecule has 74 valence electrons. The zero-order valence-corrected chi connectivity index (χ0v) is 8.31. The van der Waals surface area contributed by atoms with Crippen LogP contribution in [-0.2, 0) is 0 Å². The lowest BCUT2D eigenvalue weighted by molar-refractivity contribution is 0.551. The van der Waals surface area contributed by atoms with E-state index in [0.717, 1.165) is 18.0 Å². The van der Waals surface area contributed by atoms with E-state index in [-0.39, 0.29) is 6.04 Å². The van der Waals surface area contributed by atoms with Crippen LogP contribution in [0.2, 0.25) is 0 Å². The summed E-state index contributed by atoms with van der Waals surface area (Å²) in [4.78, 5) is 0. The maximum atomic E-state index is 4.20. The average molecular weight is 191 g/mol. The van der Waals surface area contributed by atoms with Gasteiger partial charge in [-0.1, -0.05) is 6.92 Å². The molecule has 0 spiro atoms. The SMILES string of the molecule is CCNC(C)c1nnc2cccnn12. The summed E-state index contributed by atoms with van der Waals surface area (Å²) >= 11 is 0. The second-order valence-electron chi connectivity index (χ2n) is 3.13. The molecule has 2 aromatic rings. The molecular formula is C9H13N5. The van der Waals surface area contributed by atoms with E-state index in [0.29, 0.717) is 0 Å². The lowest BCUT2D eigenvalue weighted by Crippen LogP contribution is -2.20. The Morgan fingerprint density at radius 3 is 3.14 bits per heavy atom. The van der Waals surface area contributed by atoms with Gasteiger partial charge in [-0.25, -0.2) is 0 Å². The van der Waals surface area contributed by atoms with Crippen LogP contribution in [0.1, 0.15) is 25.7 Å². The van der Waals surface area contributed by atoms with Crippen molar-refractivity contribution in [2.45, 2.75) is 19.9 Å². The molecule has 2 rings (SSSR count). The molecule has 1 atom stereocenters. The Bertz CT molecular complexity index is 422. The van der Waals surface area contributed by atoms with Gasteiger partial charge in [0.1, 0.15) is 0 Å². The number of hydrogen-bond acceptors (Lipinski definition) is 4. The van der Waals surface area contributed by atoms with Crippen LogP contribution in [-0.4, -0.2) is 26.4 Å². The van der Waals surface area contributed by atoms with E-state index < -0.39 is 0 Å². The molecule has 0 fully saturated rings. The number of nitrogens with zero attached hydrogens (tertiary/aromatic N) is 4. The zero-order chi connectivity index (χ0) is 9.97. The minimum absolute atomic E-state index is 0.171. The van der Waals surface area contributed by atoms with E-state index >= 15 is 0 Å². The predicted octanol–water partition coefficient (Wildman–Crippen LogP) is 0.795. The molecule has 2 heterocycles. The molecule has 1 N–H and O–H groups in total. The van der Waals surface area contributed by atoms with Crippen LogP contribution in [0.15, 0.2) is 18.3 Å². The summed E-state index contributed by atoms with van der Waals surface area (Å²) in [7, 11) is 0. The molecule has 0 bridgehead atoms. The van der Waals surface area contributed by atoms with Gasteiger partial charge in [-0.05, 0) is 25.6 Å². The molecular weight excluding hydrogens is 178 g/mol. The number of fused-ring (bicyclic) bond motifs is 1. The maximum absolute atomic E-state index is 4.20. The Kier molecular flexibility index (Phi) is 2.41. The molecule has 5 nitrogen and oxygen atoms in total. The van der Waals surface area contributed by atoms with Crippen LogP contribution < -0.4 is 5.32 Å². The van der Waals surface area contributed by atoms with Crippen molar-refractivity contribution in [1.82, 2.24) is 25.1 Å². The third kappa shape index (κ3) is 1.46. The Balaban J connectivity index is 2.42. The Morgan fingerprint density at radius 1 is 1.50 bits per heavy atom. The second-order valence-corrected chi connectivity index (χ2v) is 3.13. The molecule has 1 unspecified atom stereocenters. The van der Waals surface area contributed by atoms with Crippen molar-refractivity contribution < 1.29 is 0 Å². The van der Waals surface area contributed by atoms with E-state index in [1.54, 1.807) is 10.7 Å². The highest BCUT2D eigenvalue weighted by Crippen LogP contribution is 2.09. The zero-order valence-electron chi connectivity index (χ0n) is 8.31. The van der Waals surface area contributed by atoms with E-state index in [2.05, 4.69) is 34.5 Å². The standard InChI is InChI=1S/C9H13N5/c1-3-10-7(2)9-13-12-8-5-4-6-11-14(8)9/h4-7,10H,3H2,1-2H3. The second kappa shape index (κ2) is 3.71. The fraction of sp³-hybridized carbons (Fsp3) is 0.444. The Labute approximate surface area is 82.2 Å². The van der Waals surface area contributed by atoms with Crippen LogP contribution in [0, 0.1) is 0 Å². The molecule has 0 saturated carbocycles. The fourth-order valence-electron chi connectivity index (χ4n) is 1.43. The molecule has 5 heteroatoms. The van der Waals surface area contributed by atoms with E-state index in [9.17, 15) is 0 Å². The van der Waals surface area contributed by atoms with E-state index in [4.69, 9.17) is 0 Å². The minimum atomic E-state index is 0.171.